The number of aryl methyl sites for hydroxylation is 2. The van der Waals surface area contributed by atoms with Crippen LogP contribution in [0.4, 0.5) is 5.69 Å². The van der Waals surface area contributed by atoms with E-state index in [1.54, 1.807) is 37.1 Å². The Morgan fingerprint density at radius 3 is 2.37 bits per heavy atom. The molecule has 4 aromatic rings. The van der Waals surface area contributed by atoms with Gasteiger partial charge in [0.05, 0.1) is 25.5 Å². The zero-order valence-corrected chi connectivity index (χ0v) is 21.2. The van der Waals surface area contributed by atoms with Gasteiger partial charge in [0, 0.05) is 49.2 Å². The molecule has 2 heterocycles. The summed E-state index contributed by atoms with van der Waals surface area (Å²) in [6.45, 7) is 4.74. The standard InChI is InChI=1S/C25H28N6O3S/c1-6-31-24(21-14-30(3)29-23(21)17-9-7-16(2)8-10-17)27-28-25(31)35-15-22(32)26-18-11-19(33-4)13-20(12-18)34-5/h7-14H,6,15H2,1-5H3,(H,26,32). The summed E-state index contributed by atoms with van der Waals surface area (Å²) in [6.07, 6.45) is 1.95. The van der Waals surface area contributed by atoms with Gasteiger partial charge in [-0.1, -0.05) is 41.6 Å². The number of rotatable bonds is 9. The van der Waals surface area contributed by atoms with E-state index in [4.69, 9.17) is 9.47 Å². The summed E-state index contributed by atoms with van der Waals surface area (Å²) in [5.41, 5.74) is 4.54. The SMILES string of the molecule is CCn1c(SCC(=O)Nc2cc(OC)cc(OC)c2)nnc1-c1cn(C)nc1-c1ccc(C)cc1. The molecular weight excluding hydrogens is 464 g/mol. The zero-order valence-electron chi connectivity index (χ0n) is 20.4. The molecule has 0 radical (unpaired) electrons. The first kappa shape index (κ1) is 24.3. The number of benzene rings is 2. The number of amides is 1. The van der Waals surface area contributed by atoms with Crippen LogP contribution in [-0.2, 0) is 18.4 Å². The van der Waals surface area contributed by atoms with Crippen LogP contribution in [0.1, 0.15) is 12.5 Å². The van der Waals surface area contributed by atoms with Crippen LogP contribution in [-0.4, -0.2) is 50.4 Å². The van der Waals surface area contributed by atoms with Crippen molar-refractivity contribution in [3.05, 3.63) is 54.2 Å². The van der Waals surface area contributed by atoms with Gasteiger partial charge >= 0.3 is 0 Å². The number of nitrogens with zero attached hydrogens (tertiary/aromatic N) is 5. The van der Waals surface area contributed by atoms with Crippen LogP contribution in [0.2, 0.25) is 0 Å². The second kappa shape index (κ2) is 10.6. The number of hydrogen-bond acceptors (Lipinski definition) is 7. The molecule has 0 bridgehead atoms. The Labute approximate surface area is 208 Å². The van der Waals surface area contributed by atoms with Gasteiger partial charge in [-0.3, -0.25) is 9.48 Å². The number of thioether (sulfide) groups is 1. The van der Waals surface area contributed by atoms with Crippen LogP contribution in [0.5, 0.6) is 11.5 Å². The Hall–Kier alpha value is -3.79. The summed E-state index contributed by atoms with van der Waals surface area (Å²) >= 11 is 1.33. The van der Waals surface area contributed by atoms with E-state index in [2.05, 4.69) is 51.8 Å². The summed E-state index contributed by atoms with van der Waals surface area (Å²) in [4.78, 5) is 12.6. The predicted molar refractivity (Wildman–Crippen MR) is 137 cm³/mol. The Morgan fingerprint density at radius 1 is 1.06 bits per heavy atom. The average molecular weight is 493 g/mol. The first-order valence-electron chi connectivity index (χ1n) is 11.1. The number of hydrogen-bond donors (Lipinski definition) is 1. The molecule has 10 heteroatoms. The van der Waals surface area contributed by atoms with E-state index in [-0.39, 0.29) is 11.7 Å². The molecule has 1 amide bonds. The summed E-state index contributed by atoms with van der Waals surface area (Å²) in [5, 5.41) is 17.0. The molecule has 1 N–H and O–H groups in total. The molecule has 0 saturated carbocycles. The summed E-state index contributed by atoms with van der Waals surface area (Å²) in [7, 11) is 5.02. The Bertz CT molecular complexity index is 1310. The molecule has 2 aromatic heterocycles. The number of anilines is 1. The van der Waals surface area contributed by atoms with Crippen LogP contribution < -0.4 is 14.8 Å². The molecule has 0 saturated heterocycles. The molecule has 9 nitrogen and oxygen atoms in total. The van der Waals surface area contributed by atoms with Crippen molar-refractivity contribution in [3.63, 3.8) is 0 Å². The van der Waals surface area contributed by atoms with Gasteiger partial charge in [-0.25, -0.2) is 0 Å². The second-order valence-corrected chi connectivity index (χ2v) is 8.86. The smallest absolute Gasteiger partial charge is 0.234 e. The predicted octanol–water partition coefficient (Wildman–Crippen LogP) is 4.42. The second-order valence-electron chi connectivity index (χ2n) is 7.92. The first-order chi connectivity index (χ1) is 16.9. The van der Waals surface area contributed by atoms with Crippen molar-refractivity contribution >= 4 is 23.4 Å². The zero-order chi connectivity index (χ0) is 24.9. The molecule has 35 heavy (non-hydrogen) atoms. The fraction of sp³-hybridized carbons (Fsp3) is 0.280. The summed E-state index contributed by atoms with van der Waals surface area (Å²) in [6, 6.07) is 13.5. The minimum atomic E-state index is -0.167. The number of aromatic nitrogens is 5. The van der Waals surface area contributed by atoms with Crippen LogP contribution >= 0.6 is 11.8 Å². The lowest BCUT2D eigenvalue weighted by Crippen LogP contribution is -2.14. The molecule has 0 atom stereocenters. The molecule has 0 aliphatic carbocycles. The van der Waals surface area contributed by atoms with Gasteiger partial charge in [0.1, 0.15) is 17.2 Å². The molecule has 0 unspecified atom stereocenters. The normalized spacial score (nSPS) is 10.9. The maximum Gasteiger partial charge on any atom is 0.234 e. The summed E-state index contributed by atoms with van der Waals surface area (Å²) in [5.74, 6) is 1.93. The van der Waals surface area contributed by atoms with E-state index < -0.39 is 0 Å². The van der Waals surface area contributed by atoms with Crippen LogP contribution in [0.15, 0.2) is 53.8 Å². The highest BCUT2D eigenvalue weighted by Crippen LogP contribution is 2.32. The van der Waals surface area contributed by atoms with Crippen LogP contribution in [0.3, 0.4) is 0 Å². The molecule has 0 aliphatic heterocycles. The first-order valence-corrected chi connectivity index (χ1v) is 12.1. The van der Waals surface area contributed by atoms with Crippen molar-refractivity contribution in [2.24, 2.45) is 7.05 Å². The molecule has 4 rings (SSSR count). The highest BCUT2D eigenvalue weighted by atomic mass is 32.2. The minimum Gasteiger partial charge on any atom is -0.497 e. The number of ether oxygens (including phenoxy) is 2. The fourth-order valence-corrected chi connectivity index (χ4v) is 4.47. The third kappa shape index (κ3) is 5.48. The number of methoxy groups -OCH3 is 2. The van der Waals surface area contributed by atoms with Gasteiger partial charge in [-0.05, 0) is 13.8 Å². The summed E-state index contributed by atoms with van der Waals surface area (Å²) < 4.78 is 14.3. The van der Waals surface area contributed by atoms with E-state index in [9.17, 15) is 4.79 Å². The van der Waals surface area contributed by atoms with Gasteiger partial charge in [-0.2, -0.15) is 5.10 Å². The lowest BCUT2D eigenvalue weighted by atomic mass is 10.1. The van der Waals surface area contributed by atoms with Gasteiger partial charge in [0.2, 0.25) is 5.91 Å². The topological polar surface area (TPSA) is 96.1 Å². The van der Waals surface area contributed by atoms with E-state index in [1.165, 1.54) is 17.3 Å². The highest BCUT2D eigenvalue weighted by molar-refractivity contribution is 7.99. The van der Waals surface area contributed by atoms with E-state index in [1.807, 2.05) is 24.7 Å². The lowest BCUT2D eigenvalue weighted by molar-refractivity contribution is -0.113. The Kier molecular flexibility index (Phi) is 7.40. The van der Waals surface area contributed by atoms with Crippen molar-refractivity contribution in [2.75, 3.05) is 25.3 Å². The third-order valence-electron chi connectivity index (χ3n) is 5.40. The lowest BCUT2D eigenvalue weighted by Gasteiger charge is -2.10. The van der Waals surface area contributed by atoms with Crippen LogP contribution in [0.25, 0.3) is 22.6 Å². The van der Waals surface area contributed by atoms with Gasteiger partial charge in [0.15, 0.2) is 11.0 Å². The van der Waals surface area contributed by atoms with E-state index >= 15 is 0 Å². The number of carbonyl (C=O) groups is 1. The molecule has 2 aromatic carbocycles. The van der Waals surface area contributed by atoms with E-state index in [0.717, 1.165) is 22.6 Å². The monoisotopic (exact) mass is 492 g/mol. The van der Waals surface area contributed by atoms with Crippen molar-refractivity contribution in [1.29, 1.82) is 0 Å². The van der Waals surface area contributed by atoms with E-state index in [0.29, 0.717) is 28.9 Å². The Balaban J connectivity index is 1.53. The Morgan fingerprint density at radius 2 is 1.74 bits per heavy atom. The quantitative estimate of drug-likeness (QED) is 0.346. The van der Waals surface area contributed by atoms with Crippen molar-refractivity contribution < 1.29 is 14.3 Å². The van der Waals surface area contributed by atoms with Crippen LogP contribution in [0, 0.1) is 6.92 Å². The van der Waals surface area contributed by atoms with Gasteiger partial charge < -0.3 is 19.4 Å². The van der Waals surface area contributed by atoms with Gasteiger partial charge in [0.25, 0.3) is 0 Å². The maximum atomic E-state index is 12.6. The number of nitrogens with one attached hydrogen (secondary N) is 1. The van der Waals surface area contributed by atoms with Crippen molar-refractivity contribution in [1.82, 2.24) is 24.5 Å². The molecule has 182 valence electrons. The average Bonchev–Trinajstić information content (AvgIpc) is 3.45. The van der Waals surface area contributed by atoms with Crippen molar-refractivity contribution in [3.8, 4) is 34.1 Å². The fourth-order valence-electron chi connectivity index (χ4n) is 3.66. The minimum absolute atomic E-state index is 0.167. The third-order valence-corrected chi connectivity index (χ3v) is 6.36. The molecular formula is C25H28N6O3S. The van der Waals surface area contributed by atoms with Crippen molar-refractivity contribution in [2.45, 2.75) is 25.5 Å². The van der Waals surface area contributed by atoms with Gasteiger partial charge in [-0.15, -0.1) is 10.2 Å². The molecule has 0 spiro atoms. The molecule has 0 aliphatic rings. The molecule has 0 fully saturated rings. The maximum absolute atomic E-state index is 12.6. The highest BCUT2D eigenvalue weighted by Gasteiger charge is 2.20. The largest absolute Gasteiger partial charge is 0.497 e. The number of carbonyl (C=O) groups excluding carboxylic acids is 1.